The highest BCUT2D eigenvalue weighted by Gasteiger charge is 2.31. The van der Waals surface area contributed by atoms with Crippen LogP contribution in [0.3, 0.4) is 0 Å². The van der Waals surface area contributed by atoms with E-state index in [1.165, 1.54) is 0 Å². The third-order valence-electron chi connectivity index (χ3n) is 4.03. The highest BCUT2D eigenvalue weighted by molar-refractivity contribution is 6.31. The highest BCUT2D eigenvalue weighted by atomic mass is 35.5. The van der Waals surface area contributed by atoms with Crippen LogP contribution < -0.4 is 19.3 Å². The normalized spacial score (nSPS) is 15.9. The summed E-state index contributed by atoms with van der Waals surface area (Å²) in [6, 6.07) is 10.4. The maximum absolute atomic E-state index is 13.1. The fraction of sp³-hybridized carbons (Fsp3) is 0.235. The van der Waals surface area contributed by atoms with Crippen LogP contribution in [0, 0.1) is 0 Å². The summed E-state index contributed by atoms with van der Waals surface area (Å²) >= 11 is 12.0. The Labute approximate surface area is 149 Å². The van der Waals surface area contributed by atoms with Gasteiger partial charge in [-0.25, -0.2) is 4.79 Å². The second-order valence-corrected chi connectivity index (χ2v) is 6.38. The number of nitrogens with zero attached hydrogens (tertiary/aromatic N) is 2. The number of ether oxygens (including phenoxy) is 2. The smallest absolute Gasteiger partial charge is 0.329 e. The number of anilines is 2. The van der Waals surface area contributed by atoms with Crippen molar-refractivity contribution in [3.63, 3.8) is 0 Å². The first kappa shape index (κ1) is 15.4. The molecule has 0 unspecified atom stereocenters. The van der Waals surface area contributed by atoms with Gasteiger partial charge in [0.15, 0.2) is 0 Å². The minimum atomic E-state index is -0.117. The fourth-order valence-corrected chi connectivity index (χ4v) is 3.26. The van der Waals surface area contributed by atoms with Crippen LogP contribution in [-0.2, 0) is 0 Å². The second kappa shape index (κ2) is 6.07. The summed E-state index contributed by atoms with van der Waals surface area (Å²) < 4.78 is 11.2. The first-order chi connectivity index (χ1) is 11.6. The molecule has 4 rings (SSSR count). The van der Waals surface area contributed by atoms with E-state index in [4.69, 9.17) is 32.7 Å². The van der Waals surface area contributed by atoms with Crippen molar-refractivity contribution in [3.8, 4) is 11.5 Å². The van der Waals surface area contributed by atoms with Gasteiger partial charge in [-0.3, -0.25) is 9.80 Å². The lowest BCUT2D eigenvalue weighted by molar-refractivity contribution is 0.239. The van der Waals surface area contributed by atoms with E-state index in [1.807, 2.05) is 0 Å². The van der Waals surface area contributed by atoms with Crippen molar-refractivity contribution in [3.05, 3.63) is 46.4 Å². The first-order valence-electron chi connectivity index (χ1n) is 7.57. The number of carbonyl (C=O) groups excluding carboxylic acids is 1. The summed E-state index contributed by atoms with van der Waals surface area (Å²) in [4.78, 5) is 16.5. The predicted octanol–water partition coefficient (Wildman–Crippen LogP) is 4.21. The van der Waals surface area contributed by atoms with E-state index in [1.54, 1.807) is 46.2 Å². The molecule has 0 spiro atoms. The highest BCUT2D eigenvalue weighted by Crippen LogP contribution is 2.38. The van der Waals surface area contributed by atoms with Crippen molar-refractivity contribution in [1.29, 1.82) is 0 Å². The predicted molar refractivity (Wildman–Crippen MR) is 94.0 cm³/mol. The quantitative estimate of drug-likeness (QED) is 0.702. The SMILES string of the molecule is O=C(N1CCOc2cc(Cl)ccc21)N1CCOc2cc(Cl)ccc21. The minimum absolute atomic E-state index is 0.117. The lowest BCUT2D eigenvalue weighted by Gasteiger charge is -2.36. The van der Waals surface area contributed by atoms with Gasteiger partial charge in [0.25, 0.3) is 0 Å². The third kappa shape index (κ3) is 2.64. The zero-order valence-electron chi connectivity index (χ0n) is 12.7. The van der Waals surface area contributed by atoms with Gasteiger partial charge in [0.1, 0.15) is 24.7 Å². The molecule has 0 radical (unpaired) electrons. The van der Waals surface area contributed by atoms with Crippen LogP contribution in [0.5, 0.6) is 11.5 Å². The molecule has 2 aromatic rings. The van der Waals surface area contributed by atoms with Gasteiger partial charge in [-0.15, -0.1) is 0 Å². The van der Waals surface area contributed by atoms with Crippen LogP contribution in [0.2, 0.25) is 10.0 Å². The molecular formula is C17H14Cl2N2O3. The molecule has 5 nitrogen and oxygen atoms in total. The van der Waals surface area contributed by atoms with Crippen molar-refractivity contribution in [1.82, 2.24) is 0 Å². The molecule has 2 heterocycles. The molecule has 0 saturated heterocycles. The average Bonchev–Trinajstić information content (AvgIpc) is 2.59. The van der Waals surface area contributed by atoms with Crippen LogP contribution in [-0.4, -0.2) is 32.3 Å². The molecule has 0 N–H and O–H groups in total. The summed E-state index contributed by atoms with van der Waals surface area (Å²) in [5.74, 6) is 1.23. The van der Waals surface area contributed by atoms with Gasteiger partial charge in [-0.2, -0.15) is 0 Å². The summed E-state index contributed by atoms with van der Waals surface area (Å²) in [6.45, 7) is 1.81. The number of urea groups is 1. The number of carbonyl (C=O) groups is 1. The largest absolute Gasteiger partial charge is 0.489 e. The summed E-state index contributed by atoms with van der Waals surface area (Å²) in [5.41, 5.74) is 1.44. The Morgan fingerprint density at radius 2 is 1.29 bits per heavy atom. The van der Waals surface area contributed by atoms with Gasteiger partial charge in [-0.05, 0) is 24.3 Å². The number of halogens is 2. The maximum Gasteiger partial charge on any atom is 0.329 e. The lowest BCUT2D eigenvalue weighted by atomic mass is 10.2. The molecule has 0 saturated carbocycles. The Hall–Kier alpha value is -2.11. The molecule has 0 fully saturated rings. The lowest BCUT2D eigenvalue weighted by Crippen LogP contribution is -2.49. The van der Waals surface area contributed by atoms with Crippen LogP contribution in [0.1, 0.15) is 0 Å². The molecule has 0 atom stereocenters. The second-order valence-electron chi connectivity index (χ2n) is 5.51. The Morgan fingerprint density at radius 3 is 1.75 bits per heavy atom. The van der Waals surface area contributed by atoms with Crippen LogP contribution in [0.15, 0.2) is 36.4 Å². The molecule has 7 heteroatoms. The third-order valence-corrected chi connectivity index (χ3v) is 4.50. The summed E-state index contributed by atoms with van der Waals surface area (Å²) in [5, 5.41) is 1.16. The number of benzene rings is 2. The van der Waals surface area contributed by atoms with Crippen molar-refractivity contribution in [2.75, 3.05) is 36.1 Å². The summed E-state index contributed by atoms with van der Waals surface area (Å²) in [6.07, 6.45) is 0. The molecule has 0 aliphatic carbocycles. The van der Waals surface area contributed by atoms with Gasteiger partial charge in [0.2, 0.25) is 0 Å². The molecule has 2 amide bonds. The number of amides is 2. The Kier molecular flexibility index (Phi) is 3.90. The van der Waals surface area contributed by atoms with Gasteiger partial charge in [0, 0.05) is 22.2 Å². The van der Waals surface area contributed by atoms with Gasteiger partial charge >= 0.3 is 6.03 Å². The average molecular weight is 365 g/mol. The van der Waals surface area contributed by atoms with Gasteiger partial charge in [-0.1, -0.05) is 23.2 Å². The Balaban J connectivity index is 1.69. The monoisotopic (exact) mass is 364 g/mol. The zero-order valence-corrected chi connectivity index (χ0v) is 14.2. The summed E-state index contributed by atoms with van der Waals surface area (Å²) in [7, 11) is 0. The van der Waals surface area contributed by atoms with Crippen LogP contribution >= 0.6 is 23.2 Å². The standard InChI is InChI=1S/C17H14Cl2N2O3/c18-11-1-3-13-15(9-11)23-7-5-20(13)17(22)21-6-8-24-16-10-12(19)2-4-14(16)21/h1-4,9-10H,5-8H2. The van der Waals surface area contributed by atoms with E-state index in [-0.39, 0.29) is 6.03 Å². The van der Waals surface area contributed by atoms with Crippen LogP contribution in [0.25, 0.3) is 0 Å². The molecule has 124 valence electrons. The van der Waals surface area contributed by atoms with Crippen molar-refractivity contribution < 1.29 is 14.3 Å². The van der Waals surface area contributed by atoms with Gasteiger partial charge < -0.3 is 9.47 Å². The van der Waals surface area contributed by atoms with Crippen molar-refractivity contribution in [2.24, 2.45) is 0 Å². The number of hydrogen-bond acceptors (Lipinski definition) is 3. The number of hydrogen-bond donors (Lipinski definition) is 0. The fourth-order valence-electron chi connectivity index (χ4n) is 2.93. The van der Waals surface area contributed by atoms with E-state index < -0.39 is 0 Å². The molecule has 24 heavy (non-hydrogen) atoms. The van der Waals surface area contributed by atoms with Crippen LogP contribution in [0.4, 0.5) is 16.2 Å². The molecule has 2 aliphatic rings. The Morgan fingerprint density at radius 1 is 0.833 bits per heavy atom. The van der Waals surface area contributed by atoms with E-state index in [0.29, 0.717) is 47.8 Å². The van der Waals surface area contributed by atoms with E-state index in [9.17, 15) is 4.79 Å². The molecule has 2 aromatic carbocycles. The molecule has 2 aliphatic heterocycles. The molecule has 0 bridgehead atoms. The maximum atomic E-state index is 13.1. The minimum Gasteiger partial charge on any atom is -0.489 e. The zero-order chi connectivity index (χ0) is 16.7. The van der Waals surface area contributed by atoms with E-state index in [0.717, 1.165) is 11.4 Å². The number of rotatable bonds is 0. The first-order valence-corrected chi connectivity index (χ1v) is 8.33. The molecule has 0 aromatic heterocycles. The van der Waals surface area contributed by atoms with E-state index in [2.05, 4.69) is 0 Å². The topological polar surface area (TPSA) is 42.0 Å². The van der Waals surface area contributed by atoms with Crippen molar-refractivity contribution in [2.45, 2.75) is 0 Å². The van der Waals surface area contributed by atoms with Crippen molar-refractivity contribution >= 4 is 40.6 Å². The Bertz CT molecular complexity index is 747. The van der Waals surface area contributed by atoms with E-state index >= 15 is 0 Å². The van der Waals surface area contributed by atoms with Gasteiger partial charge in [0.05, 0.1) is 24.5 Å². The molecular weight excluding hydrogens is 351 g/mol. The number of fused-ring (bicyclic) bond motifs is 2.